The van der Waals surface area contributed by atoms with Crippen LogP contribution in [0.1, 0.15) is 50.3 Å². The summed E-state index contributed by atoms with van der Waals surface area (Å²) in [5.74, 6) is 0.609. The molecule has 3 rings (SSSR count). The lowest BCUT2D eigenvalue weighted by Gasteiger charge is -2.51. The van der Waals surface area contributed by atoms with Crippen molar-refractivity contribution in [2.45, 2.75) is 62.7 Å². The molecule has 1 spiro atoms. The molecule has 6 nitrogen and oxygen atoms in total. The summed E-state index contributed by atoms with van der Waals surface area (Å²) in [4.78, 5) is 17.1. The second-order valence-corrected chi connectivity index (χ2v) is 11.2. The molecule has 2 aliphatic rings. The molecule has 0 radical (unpaired) electrons. The summed E-state index contributed by atoms with van der Waals surface area (Å²) in [6.45, 7) is 3.66. The predicted octanol–water partition coefficient (Wildman–Crippen LogP) is 1.92. The molecule has 146 valence electrons. The first-order chi connectivity index (χ1) is 12.4. The Morgan fingerprint density at radius 3 is 2.88 bits per heavy atom. The second kappa shape index (κ2) is 8.35. The molecule has 2 heterocycles. The third-order valence-electron chi connectivity index (χ3n) is 5.69. The Balaban J connectivity index is 1.43. The van der Waals surface area contributed by atoms with E-state index in [1.54, 1.807) is 23.0 Å². The minimum absolute atomic E-state index is 0.0355. The molecule has 0 aromatic carbocycles. The zero-order valence-corrected chi connectivity index (χ0v) is 17.0. The lowest BCUT2D eigenvalue weighted by atomic mass is 9.70. The van der Waals surface area contributed by atoms with Crippen molar-refractivity contribution < 1.29 is 13.2 Å². The van der Waals surface area contributed by atoms with E-state index in [2.05, 4.69) is 22.5 Å². The highest BCUT2D eigenvalue weighted by molar-refractivity contribution is 7.92. The van der Waals surface area contributed by atoms with Gasteiger partial charge in [-0.2, -0.15) is 0 Å². The number of hydrogen-bond acceptors (Lipinski definition) is 6. The number of rotatable bonds is 8. The number of thiazole rings is 1. The summed E-state index contributed by atoms with van der Waals surface area (Å²) in [5, 5.41) is 6.47. The number of nitrogens with zero attached hydrogens (tertiary/aromatic N) is 1. The first-order valence-corrected chi connectivity index (χ1v) is 12.1. The molecule has 1 aliphatic heterocycles. The number of aromatic nitrogens is 1. The molecule has 0 bridgehead atoms. The Morgan fingerprint density at radius 1 is 1.38 bits per heavy atom. The van der Waals surface area contributed by atoms with Gasteiger partial charge in [-0.05, 0) is 51.0 Å². The van der Waals surface area contributed by atoms with Crippen LogP contribution in [0, 0.1) is 5.92 Å². The molecule has 1 atom stereocenters. The molecule has 1 amide bonds. The third kappa shape index (κ3) is 4.46. The molecular weight excluding hydrogens is 370 g/mol. The zero-order valence-electron chi connectivity index (χ0n) is 15.4. The maximum atomic E-state index is 12.6. The molecule has 8 heteroatoms. The van der Waals surface area contributed by atoms with Gasteiger partial charge in [-0.15, -0.1) is 11.3 Å². The number of carbonyl (C=O) groups is 1. The van der Waals surface area contributed by atoms with Crippen molar-refractivity contribution in [3.8, 4) is 0 Å². The molecule has 1 saturated heterocycles. The molecule has 1 saturated carbocycles. The summed E-state index contributed by atoms with van der Waals surface area (Å²) in [7, 11) is -3.01. The maximum Gasteiger partial charge on any atom is 0.220 e. The van der Waals surface area contributed by atoms with Crippen LogP contribution in [0.2, 0.25) is 0 Å². The van der Waals surface area contributed by atoms with E-state index in [4.69, 9.17) is 0 Å². The molecular formula is C18H29N3O3S2. The fourth-order valence-corrected chi connectivity index (χ4v) is 7.28. The number of sulfone groups is 1. The van der Waals surface area contributed by atoms with E-state index >= 15 is 0 Å². The number of nitrogens with one attached hydrogen (secondary N) is 2. The smallest absolute Gasteiger partial charge is 0.220 e. The largest absolute Gasteiger partial charge is 0.356 e. The summed E-state index contributed by atoms with van der Waals surface area (Å²) in [6.07, 6.45) is 6.86. The van der Waals surface area contributed by atoms with E-state index in [0.717, 1.165) is 30.7 Å². The number of carbonyl (C=O) groups excluding carboxylic acids is 1. The van der Waals surface area contributed by atoms with Crippen molar-refractivity contribution in [2.75, 3.05) is 18.8 Å². The second-order valence-electron chi connectivity index (χ2n) is 7.69. The van der Waals surface area contributed by atoms with Gasteiger partial charge >= 0.3 is 0 Å². The SMILES string of the molecule is CCCNC1CCS(=O)(=O)C2(CC(CNC(=O)CCc3cncs3)C2)C1. The summed E-state index contributed by atoms with van der Waals surface area (Å²) < 4.78 is 24.7. The van der Waals surface area contributed by atoms with E-state index in [-0.39, 0.29) is 11.8 Å². The van der Waals surface area contributed by atoms with Crippen LogP contribution in [0.5, 0.6) is 0 Å². The van der Waals surface area contributed by atoms with Gasteiger partial charge in [0, 0.05) is 30.1 Å². The van der Waals surface area contributed by atoms with Crippen molar-refractivity contribution >= 4 is 27.1 Å². The van der Waals surface area contributed by atoms with Crippen molar-refractivity contribution in [1.82, 2.24) is 15.6 Å². The van der Waals surface area contributed by atoms with Crippen molar-refractivity contribution in [1.29, 1.82) is 0 Å². The van der Waals surface area contributed by atoms with Gasteiger partial charge in [0.15, 0.2) is 9.84 Å². The van der Waals surface area contributed by atoms with E-state index in [1.807, 2.05) is 0 Å². The van der Waals surface area contributed by atoms with Crippen LogP contribution in [0.15, 0.2) is 11.7 Å². The van der Waals surface area contributed by atoms with Crippen LogP contribution in [0.3, 0.4) is 0 Å². The van der Waals surface area contributed by atoms with Crippen molar-refractivity contribution in [2.24, 2.45) is 5.92 Å². The Bertz CT molecular complexity index is 697. The van der Waals surface area contributed by atoms with Crippen molar-refractivity contribution in [3.05, 3.63) is 16.6 Å². The fourth-order valence-electron chi connectivity index (χ4n) is 4.22. The Hall–Kier alpha value is -0.990. The van der Waals surface area contributed by atoms with Gasteiger partial charge in [0.25, 0.3) is 0 Å². The van der Waals surface area contributed by atoms with Crippen LogP contribution in [-0.4, -0.2) is 48.9 Å². The number of hydrogen-bond donors (Lipinski definition) is 2. The third-order valence-corrected chi connectivity index (χ3v) is 9.12. The van der Waals surface area contributed by atoms with Gasteiger partial charge in [-0.3, -0.25) is 9.78 Å². The summed E-state index contributed by atoms with van der Waals surface area (Å²) in [6, 6.07) is 0.313. The van der Waals surface area contributed by atoms with Crippen LogP contribution >= 0.6 is 11.3 Å². The Kier molecular flexibility index (Phi) is 6.35. The van der Waals surface area contributed by atoms with E-state index in [0.29, 0.717) is 44.0 Å². The molecule has 26 heavy (non-hydrogen) atoms. The average Bonchev–Trinajstić information content (AvgIpc) is 3.09. The zero-order chi connectivity index (χ0) is 18.6. The summed E-state index contributed by atoms with van der Waals surface area (Å²) >= 11 is 1.56. The fraction of sp³-hybridized carbons (Fsp3) is 0.778. The highest BCUT2D eigenvalue weighted by Crippen LogP contribution is 2.49. The van der Waals surface area contributed by atoms with E-state index < -0.39 is 14.6 Å². The predicted molar refractivity (Wildman–Crippen MR) is 104 cm³/mol. The lowest BCUT2D eigenvalue weighted by Crippen LogP contribution is -2.59. The first-order valence-electron chi connectivity index (χ1n) is 9.54. The topological polar surface area (TPSA) is 88.2 Å². The number of aryl methyl sites for hydroxylation is 1. The molecule has 1 aromatic rings. The summed E-state index contributed by atoms with van der Waals surface area (Å²) in [5.41, 5.74) is 1.77. The monoisotopic (exact) mass is 399 g/mol. The van der Waals surface area contributed by atoms with Gasteiger partial charge in [0.1, 0.15) is 0 Å². The van der Waals surface area contributed by atoms with Gasteiger partial charge < -0.3 is 10.6 Å². The normalized spacial score (nSPS) is 30.0. The minimum atomic E-state index is -3.01. The van der Waals surface area contributed by atoms with Crippen LogP contribution in [0.25, 0.3) is 0 Å². The molecule has 2 N–H and O–H groups in total. The van der Waals surface area contributed by atoms with Gasteiger partial charge in [-0.25, -0.2) is 8.42 Å². The highest BCUT2D eigenvalue weighted by Gasteiger charge is 2.56. The van der Waals surface area contributed by atoms with Crippen LogP contribution < -0.4 is 10.6 Å². The molecule has 1 aromatic heterocycles. The Labute approximate surface area is 160 Å². The van der Waals surface area contributed by atoms with Gasteiger partial charge in [-0.1, -0.05) is 6.92 Å². The lowest BCUT2D eigenvalue weighted by molar-refractivity contribution is -0.121. The van der Waals surface area contributed by atoms with Crippen LogP contribution in [-0.2, 0) is 21.1 Å². The Morgan fingerprint density at radius 2 is 2.19 bits per heavy atom. The minimum Gasteiger partial charge on any atom is -0.356 e. The quantitative estimate of drug-likeness (QED) is 0.697. The average molecular weight is 400 g/mol. The number of amides is 1. The van der Waals surface area contributed by atoms with Crippen LogP contribution in [0.4, 0.5) is 0 Å². The van der Waals surface area contributed by atoms with Crippen molar-refractivity contribution in [3.63, 3.8) is 0 Å². The first kappa shape index (κ1) is 19.8. The van der Waals surface area contributed by atoms with Gasteiger partial charge in [0.05, 0.1) is 16.0 Å². The maximum absolute atomic E-state index is 12.6. The standard InChI is InChI=1S/C18H29N3O3S2/c1-2-6-20-15-5-7-26(23,24)18(10-15)8-14(9-18)11-21-17(22)4-3-16-12-19-13-25-16/h12-15,20H,2-11H2,1H3,(H,21,22). The van der Waals surface area contributed by atoms with E-state index in [1.165, 1.54) is 0 Å². The van der Waals surface area contributed by atoms with Gasteiger partial charge in [0.2, 0.25) is 5.91 Å². The highest BCUT2D eigenvalue weighted by atomic mass is 32.2. The molecule has 1 unspecified atom stereocenters. The molecule has 1 aliphatic carbocycles. The van der Waals surface area contributed by atoms with E-state index in [9.17, 15) is 13.2 Å². The molecule has 2 fully saturated rings.